The van der Waals surface area contributed by atoms with Crippen LogP contribution < -0.4 is 10.1 Å². The first kappa shape index (κ1) is 18.8. The predicted octanol–water partition coefficient (Wildman–Crippen LogP) is 3.53. The van der Waals surface area contributed by atoms with Crippen molar-refractivity contribution >= 4 is 17.6 Å². The number of anilines is 1. The topological polar surface area (TPSA) is 97.2 Å². The number of hydrogen-bond donors (Lipinski definition) is 2. The van der Waals surface area contributed by atoms with Crippen molar-refractivity contribution in [2.45, 2.75) is 44.2 Å². The van der Waals surface area contributed by atoms with Crippen LogP contribution in [-0.4, -0.2) is 34.9 Å². The summed E-state index contributed by atoms with van der Waals surface area (Å²) in [6, 6.07) is 8.18. The van der Waals surface area contributed by atoms with E-state index in [1.165, 1.54) is 6.42 Å². The van der Waals surface area contributed by atoms with Gasteiger partial charge in [0.1, 0.15) is 23.6 Å². The lowest BCUT2D eigenvalue weighted by molar-refractivity contribution is -0.142. The molecule has 0 saturated heterocycles. The highest BCUT2D eigenvalue weighted by Crippen LogP contribution is 2.24. The molecule has 0 bridgehead atoms. The molecule has 1 saturated carbocycles. The highest BCUT2D eigenvalue weighted by molar-refractivity contribution is 6.37. The molecule has 1 atom stereocenters. The summed E-state index contributed by atoms with van der Waals surface area (Å²) in [6.45, 7) is 0. The molecule has 1 aliphatic rings. The minimum absolute atomic E-state index is 0.101. The van der Waals surface area contributed by atoms with Gasteiger partial charge in [0.25, 0.3) is 0 Å². The average molecular weight is 368 g/mol. The molecule has 0 radical (unpaired) electrons. The van der Waals surface area contributed by atoms with Crippen LogP contribution in [0.4, 0.5) is 5.95 Å². The van der Waals surface area contributed by atoms with Crippen LogP contribution in [0.2, 0.25) is 0 Å². The molecule has 1 aromatic heterocycles. The zero-order chi connectivity index (χ0) is 19.1. The molecule has 7 nitrogen and oxygen atoms in total. The van der Waals surface area contributed by atoms with Crippen LogP contribution in [0.1, 0.15) is 43.7 Å². The van der Waals surface area contributed by atoms with Crippen molar-refractivity contribution in [1.29, 1.82) is 5.41 Å². The molecule has 0 spiro atoms. The van der Waals surface area contributed by atoms with Gasteiger partial charge in [-0.3, -0.25) is 5.41 Å². The first-order valence-electron chi connectivity index (χ1n) is 9.14. The fourth-order valence-electron chi connectivity index (χ4n) is 3.14. The summed E-state index contributed by atoms with van der Waals surface area (Å²) in [7, 11) is 1.59. The molecule has 142 valence electrons. The van der Waals surface area contributed by atoms with Gasteiger partial charge in [-0.05, 0) is 49.4 Å². The van der Waals surface area contributed by atoms with Gasteiger partial charge in [0.15, 0.2) is 0 Å². The Morgan fingerprint density at radius 1 is 1.15 bits per heavy atom. The largest absolute Gasteiger partial charge is 0.497 e. The highest BCUT2D eigenvalue weighted by Gasteiger charge is 2.28. The Morgan fingerprint density at radius 2 is 1.81 bits per heavy atom. The van der Waals surface area contributed by atoms with Gasteiger partial charge >= 0.3 is 5.97 Å². The first-order chi connectivity index (χ1) is 13.2. The van der Waals surface area contributed by atoms with E-state index in [0.717, 1.165) is 31.2 Å². The molecular weight excluding hydrogens is 344 g/mol. The summed E-state index contributed by atoms with van der Waals surface area (Å²) in [4.78, 5) is 20.9. The summed E-state index contributed by atoms with van der Waals surface area (Å²) in [6.07, 6.45) is 8.12. The van der Waals surface area contributed by atoms with Crippen molar-refractivity contribution in [2.24, 2.45) is 0 Å². The Morgan fingerprint density at radius 3 is 2.44 bits per heavy atom. The van der Waals surface area contributed by atoms with E-state index in [1.54, 1.807) is 37.7 Å². The number of nitrogens with one attached hydrogen (secondary N) is 2. The van der Waals surface area contributed by atoms with E-state index in [1.807, 2.05) is 12.1 Å². The molecule has 1 aliphatic carbocycles. The normalized spacial score (nSPS) is 15.6. The van der Waals surface area contributed by atoms with Gasteiger partial charge in [0.05, 0.1) is 7.11 Å². The molecule has 0 aliphatic heterocycles. The zero-order valence-corrected chi connectivity index (χ0v) is 15.4. The van der Waals surface area contributed by atoms with Gasteiger partial charge in [-0.25, -0.2) is 14.8 Å². The van der Waals surface area contributed by atoms with Gasteiger partial charge in [-0.15, -0.1) is 0 Å². The Hall–Kier alpha value is -2.96. The van der Waals surface area contributed by atoms with Gasteiger partial charge in [-0.1, -0.05) is 18.6 Å². The van der Waals surface area contributed by atoms with Crippen molar-refractivity contribution in [3.05, 3.63) is 48.3 Å². The molecule has 3 rings (SSSR count). The zero-order valence-electron chi connectivity index (χ0n) is 15.4. The number of hydrogen-bond acceptors (Lipinski definition) is 7. The van der Waals surface area contributed by atoms with Gasteiger partial charge in [0, 0.05) is 12.4 Å². The van der Waals surface area contributed by atoms with Gasteiger partial charge < -0.3 is 14.8 Å². The van der Waals surface area contributed by atoms with E-state index in [4.69, 9.17) is 14.9 Å². The van der Waals surface area contributed by atoms with Crippen LogP contribution in [-0.2, 0) is 9.53 Å². The molecular formula is C20H24N4O3. The summed E-state index contributed by atoms with van der Waals surface area (Å²) in [5, 5.41) is 11.5. The number of methoxy groups -OCH3 is 1. The lowest BCUT2D eigenvalue weighted by Gasteiger charge is -2.24. The third kappa shape index (κ3) is 5.03. The molecule has 2 aromatic rings. The minimum atomic E-state index is -0.714. The molecule has 2 N–H and O–H groups in total. The number of carbonyl (C=O) groups is 1. The highest BCUT2D eigenvalue weighted by atomic mass is 16.5. The van der Waals surface area contributed by atoms with Crippen molar-refractivity contribution in [3.63, 3.8) is 0 Å². The van der Waals surface area contributed by atoms with E-state index >= 15 is 0 Å². The quantitative estimate of drug-likeness (QED) is 0.573. The summed E-state index contributed by atoms with van der Waals surface area (Å²) < 4.78 is 10.8. The van der Waals surface area contributed by atoms with E-state index in [0.29, 0.717) is 11.7 Å². The third-order valence-corrected chi connectivity index (χ3v) is 4.62. The van der Waals surface area contributed by atoms with Crippen LogP contribution in [0.5, 0.6) is 5.75 Å². The Labute approximate surface area is 158 Å². The predicted molar refractivity (Wildman–Crippen MR) is 102 cm³/mol. The van der Waals surface area contributed by atoms with Crippen LogP contribution >= 0.6 is 0 Å². The molecule has 1 unspecified atom stereocenters. The maximum absolute atomic E-state index is 12.6. The summed E-state index contributed by atoms with van der Waals surface area (Å²) in [5.41, 5.74) is 0.562. The lowest BCUT2D eigenvalue weighted by Crippen LogP contribution is -2.32. The van der Waals surface area contributed by atoms with Crippen LogP contribution in [0.15, 0.2) is 42.7 Å². The second kappa shape index (κ2) is 9.12. The maximum Gasteiger partial charge on any atom is 0.354 e. The smallest absolute Gasteiger partial charge is 0.354 e. The van der Waals surface area contributed by atoms with Crippen LogP contribution in [0.25, 0.3) is 0 Å². The molecule has 1 heterocycles. The number of benzene rings is 1. The van der Waals surface area contributed by atoms with Crippen molar-refractivity contribution < 1.29 is 14.3 Å². The third-order valence-electron chi connectivity index (χ3n) is 4.62. The number of ether oxygens (including phenoxy) is 2. The second-order valence-electron chi connectivity index (χ2n) is 6.50. The number of esters is 1. The molecule has 27 heavy (non-hydrogen) atoms. The first-order valence-corrected chi connectivity index (χ1v) is 9.14. The standard InChI is InChI=1S/C20H24N4O3/c1-26-15-10-8-14(9-11-15)18(24-20-22-12-5-13-23-20)17(21)19(25)27-16-6-3-2-4-7-16/h5,8-13,16,18,21H,2-4,6-7H2,1H3,(H,22,23,24). The monoisotopic (exact) mass is 368 g/mol. The van der Waals surface area contributed by atoms with E-state index in [9.17, 15) is 4.79 Å². The molecule has 7 heteroatoms. The number of rotatable bonds is 7. The van der Waals surface area contributed by atoms with Crippen LogP contribution in [0, 0.1) is 5.41 Å². The molecule has 0 amide bonds. The van der Waals surface area contributed by atoms with Gasteiger partial charge in [-0.2, -0.15) is 0 Å². The van der Waals surface area contributed by atoms with Crippen LogP contribution in [0.3, 0.4) is 0 Å². The fraction of sp³-hybridized carbons (Fsp3) is 0.400. The van der Waals surface area contributed by atoms with Crippen molar-refractivity contribution in [1.82, 2.24) is 9.97 Å². The lowest BCUT2D eigenvalue weighted by atomic mass is 9.97. The minimum Gasteiger partial charge on any atom is -0.497 e. The number of aromatic nitrogens is 2. The fourth-order valence-corrected chi connectivity index (χ4v) is 3.14. The Kier molecular flexibility index (Phi) is 6.35. The van der Waals surface area contributed by atoms with E-state index in [-0.39, 0.29) is 11.8 Å². The van der Waals surface area contributed by atoms with E-state index in [2.05, 4.69) is 15.3 Å². The summed E-state index contributed by atoms with van der Waals surface area (Å²) in [5.74, 6) is 0.435. The maximum atomic E-state index is 12.6. The average Bonchev–Trinajstić information content (AvgIpc) is 2.73. The van der Waals surface area contributed by atoms with E-state index < -0.39 is 12.0 Å². The Balaban J connectivity index is 1.78. The molecule has 1 aromatic carbocycles. The second-order valence-corrected chi connectivity index (χ2v) is 6.50. The van der Waals surface area contributed by atoms with Gasteiger partial charge in [0.2, 0.25) is 5.95 Å². The van der Waals surface area contributed by atoms with Crippen molar-refractivity contribution in [2.75, 3.05) is 12.4 Å². The summed E-state index contributed by atoms with van der Waals surface area (Å²) >= 11 is 0. The number of carbonyl (C=O) groups excluding carboxylic acids is 1. The number of nitrogens with zero attached hydrogens (tertiary/aromatic N) is 2. The SMILES string of the molecule is COc1ccc(C(Nc2ncccn2)C(=N)C(=O)OC2CCCCC2)cc1. The Bertz CT molecular complexity index is 759. The van der Waals surface area contributed by atoms with Crippen molar-refractivity contribution in [3.8, 4) is 5.75 Å². The molecule has 1 fully saturated rings.